The van der Waals surface area contributed by atoms with Gasteiger partial charge in [-0.15, -0.1) is 0 Å². The first-order valence-electron chi connectivity index (χ1n) is 15.2. The predicted molar refractivity (Wildman–Crippen MR) is 173 cm³/mol. The van der Waals surface area contributed by atoms with Crippen LogP contribution in [0.25, 0.3) is 10.8 Å². The van der Waals surface area contributed by atoms with Crippen molar-refractivity contribution < 1.29 is 29.4 Å². The number of likely N-dealkylation sites (tertiary alicyclic amines) is 1. The summed E-state index contributed by atoms with van der Waals surface area (Å²) in [6.07, 6.45) is 1.63. The van der Waals surface area contributed by atoms with Gasteiger partial charge in [-0.1, -0.05) is 54.6 Å². The first kappa shape index (κ1) is 33.7. The highest BCUT2D eigenvalue weighted by Crippen LogP contribution is 2.28. The van der Waals surface area contributed by atoms with Crippen LogP contribution >= 0.6 is 0 Å². The molecular weight excluding hydrogens is 590 g/mol. The van der Waals surface area contributed by atoms with Gasteiger partial charge < -0.3 is 42.9 Å². The molecule has 3 aromatic rings. The molecule has 1 fully saturated rings. The molecule has 3 aromatic carbocycles. The molecule has 1 aliphatic heterocycles. The van der Waals surface area contributed by atoms with Crippen molar-refractivity contribution in [3.63, 3.8) is 0 Å². The van der Waals surface area contributed by atoms with E-state index in [2.05, 4.69) is 15.6 Å². The second kappa shape index (κ2) is 15.7. The Labute approximate surface area is 266 Å². The van der Waals surface area contributed by atoms with Gasteiger partial charge in [0.05, 0.1) is 18.5 Å². The molecule has 3 amide bonds. The SMILES string of the molecule is NC(N)=NCCC[C@H](N)C(=O)N1CCC[C@H]1C(=O)N[C@H](CC(=O)N[C@@H](Cc1ccc(O)cc1)C(=O)O)c1cccc2ccccc12. The maximum atomic E-state index is 13.8. The number of phenolic OH excluding ortho intramolecular Hbond substituents is 1. The van der Waals surface area contributed by atoms with Gasteiger partial charge in [-0.05, 0) is 59.7 Å². The molecule has 0 bridgehead atoms. The zero-order valence-electron chi connectivity index (χ0n) is 25.5. The number of nitrogens with one attached hydrogen (secondary N) is 2. The molecule has 13 nitrogen and oxygen atoms in total. The minimum Gasteiger partial charge on any atom is -0.508 e. The summed E-state index contributed by atoms with van der Waals surface area (Å²) >= 11 is 0. The molecule has 244 valence electrons. The summed E-state index contributed by atoms with van der Waals surface area (Å²) in [6.45, 7) is 0.704. The molecule has 0 radical (unpaired) electrons. The van der Waals surface area contributed by atoms with Crippen LogP contribution in [0.4, 0.5) is 0 Å². The lowest BCUT2D eigenvalue weighted by atomic mass is 9.95. The summed E-state index contributed by atoms with van der Waals surface area (Å²) in [5, 5.41) is 26.7. The molecule has 1 aliphatic rings. The number of hydrogen-bond acceptors (Lipinski definition) is 7. The molecule has 0 spiro atoms. The van der Waals surface area contributed by atoms with Crippen LogP contribution < -0.4 is 27.8 Å². The van der Waals surface area contributed by atoms with Crippen LogP contribution in [-0.4, -0.2) is 76.0 Å². The number of aliphatic imine (C=N–C) groups is 1. The van der Waals surface area contributed by atoms with Gasteiger partial charge in [-0.3, -0.25) is 19.4 Å². The molecule has 1 saturated heterocycles. The largest absolute Gasteiger partial charge is 0.508 e. The molecule has 0 saturated carbocycles. The highest BCUT2D eigenvalue weighted by molar-refractivity contribution is 5.92. The van der Waals surface area contributed by atoms with Crippen molar-refractivity contribution in [1.29, 1.82) is 0 Å². The number of phenols is 1. The van der Waals surface area contributed by atoms with E-state index >= 15 is 0 Å². The zero-order chi connectivity index (χ0) is 33.2. The summed E-state index contributed by atoms with van der Waals surface area (Å²) in [5.41, 5.74) is 18.2. The number of guanidine groups is 1. The highest BCUT2D eigenvalue weighted by atomic mass is 16.4. The predicted octanol–water partition coefficient (Wildman–Crippen LogP) is 1.28. The van der Waals surface area contributed by atoms with E-state index < -0.39 is 42.0 Å². The lowest BCUT2D eigenvalue weighted by Crippen LogP contribution is -2.52. The van der Waals surface area contributed by atoms with E-state index in [1.807, 2.05) is 42.5 Å². The van der Waals surface area contributed by atoms with Crippen LogP contribution in [0, 0.1) is 0 Å². The lowest BCUT2D eigenvalue weighted by molar-refractivity contribution is -0.142. The summed E-state index contributed by atoms with van der Waals surface area (Å²) < 4.78 is 0. The second-order valence-electron chi connectivity index (χ2n) is 11.4. The van der Waals surface area contributed by atoms with Gasteiger partial charge >= 0.3 is 5.97 Å². The number of carbonyl (C=O) groups excluding carboxylic acids is 3. The number of benzene rings is 3. The van der Waals surface area contributed by atoms with Crippen LogP contribution in [0.15, 0.2) is 71.7 Å². The van der Waals surface area contributed by atoms with Crippen molar-refractivity contribution in [1.82, 2.24) is 15.5 Å². The van der Waals surface area contributed by atoms with E-state index in [9.17, 15) is 29.4 Å². The number of carbonyl (C=O) groups is 4. The quantitative estimate of drug-likeness (QED) is 0.0771. The Morgan fingerprint density at radius 1 is 0.978 bits per heavy atom. The first-order valence-corrected chi connectivity index (χ1v) is 15.2. The molecule has 0 aliphatic carbocycles. The number of aliphatic carboxylic acids is 1. The van der Waals surface area contributed by atoms with Crippen LogP contribution in [0.2, 0.25) is 0 Å². The topological polar surface area (TPSA) is 226 Å². The fourth-order valence-electron chi connectivity index (χ4n) is 5.73. The normalized spacial score (nSPS) is 16.3. The summed E-state index contributed by atoms with van der Waals surface area (Å²) in [6, 6.07) is 15.5. The van der Waals surface area contributed by atoms with Gasteiger partial charge in [0.1, 0.15) is 17.8 Å². The Hall–Kier alpha value is -5.17. The Morgan fingerprint density at radius 3 is 2.41 bits per heavy atom. The number of fused-ring (bicyclic) bond motifs is 1. The van der Waals surface area contributed by atoms with E-state index in [0.29, 0.717) is 49.9 Å². The number of aromatic hydroxyl groups is 1. The van der Waals surface area contributed by atoms with Crippen LogP contribution in [-0.2, 0) is 25.6 Å². The molecule has 0 unspecified atom stereocenters. The third-order valence-corrected chi connectivity index (χ3v) is 8.04. The van der Waals surface area contributed by atoms with Crippen molar-refractivity contribution in [3.05, 3.63) is 77.9 Å². The van der Waals surface area contributed by atoms with Gasteiger partial charge in [-0.25, -0.2) is 4.79 Å². The molecule has 4 rings (SSSR count). The van der Waals surface area contributed by atoms with Crippen molar-refractivity contribution in [2.45, 2.75) is 62.7 Å². The Balaban J connectivity index is 1.52. The molecule has 0 aromatic heterocycles. The maximum Gasteiger partial charge on any atom is 0.326 e. The van der Waals surface area contributed by atoms with Crippen LogP contribution in [0.1, 0.15) is 49.3 Å². The third-order valence-electron chi connectivity index (χ3n) is 8.04. The fourth-order valence-corrected chi connectivity index (χ4v) is 5.73. The van der Waals surface area contributed by atoms with E-state index in [0.717, 1.165) is 10.8 Å². The number of hydrogen-bond donors (Lipinski definition) is 7. The average molecular weight is 632 g/mol. The molecule has 4 atom stereocenters. The number of nitrogens with zero attached hydrogens (tertiary/aromatic N) is 2. The standard InChI is InChI=1S/C33H41N7O6/c34-25(10-4-16-37-33(35)36)31(44)40-17-5-11-28(40)30(43)39-26(24-9-3-7-21-6-1-2-8-23(21)24)19-29(42)38-27(32(45)46)18-20-12-14-22(41)15-13-20/h1-3,6-9,12-15,25-28,41H,4-5,10-11,16-19,34H2,(H,38,42)(H,39,43)(H,45,46)(H4,35,36,37)/t25-,26+,27-,28-/m0/s1. The first-order chi connectivity index (χ1) is 22.0. The number of carboxylic acids is 1. The third kappa shape index (κ3) is 8.94. The van der Waals surface area contributed by atoms with Crippen LogP contribution in [0.3, 0.4) is 0 Å². The van der Waals surface area contributed by atoms with Gasteiger partial charge in [0, 0.05) is 19.5 Å². The smallest absolute Gasteiger partial charge is 0.326 e. The van der Waals surface area contributed by atoms with Gasteiger partial charge in [0.2, 0.25) is 17.7 Å². The minimum atomic E-state index is -1.24. The number of rotatable bonds is 14. The zero-order valence-corrected chi connectivity index (χ0v) is 25.5. The van der Waals surface area contributed by atoms with Crippen LogP contribution in [0.5, 0.6) is 5.75 Å². The maximum absolute atomic E-state index is 13.8. The van der Waals surface area contributed by atoms with E-state index in [-0.39, 0.29) is 30.5 Å². The van der Waals surface area contributed by atoms with Crippen molar-refractivity contribution in [2.24, 2.45) is 22.2 Å². The number of carboxylic acid groups (broad SMARTS) is 1. The summed E-state index contributed by atoms with van der Waals surface area (Å²) in [7, 11) is 0. The fraction of sp³-hybridized carbons (Fsp3) is 0.364. The Morgan fingerprint density at radius 2 is 1.70 bits per heavy atom. The molecule has 1 heterocycles. The van der Waals surface area contributed by atoms with Gasteiger partial charge in [-0.2, -0.15) is 0 Å². The molecule has 46 heavy (non-hydrogen) atoms. The molecule has 10 N–H and O–H groups in total. The van der Waals surface area contributed by atoms with Gasteiger partial charge in [0.15, 0.2) is 5.96 Å². The van der Waals surface area contributed by atoms with Gasteiger partial charge in [0.25, 0.3) is 0 Å². The Bertz CT molecular complexity index is 1570. The number of nitrogens with two attached hydrogens (primary N) is 3. The second-order valence-corrected chi connectivity index (χ2v) is 11.4. The number of amides is 3. The average Bonchev–Trinajstić information content (AvgIpc) is 3.53. The van der Waals surface area contributed by atoms with Crippen molar-refractivity contribution in [2.75, 3.05) is 13.1 Å². The van der Waals surface area contributed by atoms with Crippen molar-refractivity contribution in [3.8, 4) is 5.75 Å². The lowest BCUT2D eigenvalue weighted by Gasteiger charge is -2.29. The summed E-state index contributed by atoms with van der Waals surface area (Å²) in [5.74, 6) is -2.57. The Kier molecular flexibility index (Phi) is 11.5. The highest BCUT2D eigenvalue weighted by Gasteiger charge is 2.37. The van der Waals surface area contributed by atoms with E-state index in [1.165, 1.54) is 17.0 Å². The minimum absolute atomic E-state index is 0.00198. The van der Waals surface area contributed by atoms with Crippen molar-refractivity contribution >= 4 is 40.4 Å². The van der Waals surface area contributed by atoms with E-state index in [1.54, 1.807) is 12.1 Å². The summed E-state index contributed by atoms with van der Waals surface area (Å²) in [4.78, 5) is 57.9. The molecule has 13 heteroatoms. The monoisotopic (exact) mass is 631 g/mol. The van der Waals surface area contributed by atoms with E-state index in [4.69, 9.17) is 17.2 Å². The molecular formula is C33H41N7O6.